The molecular weight excluding hydrogens is 262 g/mol. The molecule has 1 fully saturated rings. The molecule has 0 spiro atoms. The average Bonchev–Trinajstić information content (AvgIpc) is 2.39. The molecule has 2 heteroatoms. The van der Waals surface area contributed by atoms with Crippen LogP contribution < -0.4 is 5.32 Å². The summed E-state index contributed by atoms with van der Waals surface area (Å²) in [4.78, 5) is 0. The molecule has 0 saturated carbocycles. The smallest absolute Gasteiger partial charge is 0.0283 e. The number of benzene rings is 1. The van der Waals surface area contributed by atoms with Crippen LogP contribution in [0.4, 0.5) is 0 Å². The molecule has 0 radical (unpaired) electrons. The Balaban J connectivity index is 2.24. The first kappa shape index (κ1) is 12.1. The average molecular weight is 282 g/mol. The molecule has 0 bridgehead atoms. The van der Waals surface area contributed by atoms with Crippen LogP contribution in [0, 0.1) is 0 Å². The second-order valence-corrected chi connectivity index (χ2v) is 5.11. The maximum absolute atomic E-state index is 3.53. The molecule has 16 heavy (non-hydrogen) atoms. The summed E-state index contributed by atoms with van der Waals surface area (Å²) in [5.74, 6) is 0.778. The van der Waals surface area contributed by atoms with Crippen LogP contribution in [0.15, 0.2) is 18.2 Å². The van der Waals surface area contributed by atoms with Crippen molar-refractivity contribution in [3.8, 4) is 0 Å². The molecule has 1 aromatic rings. The topological polar surface area (TPSA) is 12.0 Å². The van der Waals surface area contributed by atoms with Crippen molar-refractivity contribution in [2.75, 3.05) is 13.1 Å². The number of piperidine rings is 1. The second-order valence-electron chi connectivity index (χ2n) is 4.54. The minimum Gasteiger partial charge on any atom is -0.317 e. The zero-order valence-corrected chi connectivity index (χ0v) is 11.5. The van der Waals surface area contributed by atoms with Crippen LogP contribution in [0.3, 0.4) is 0 Å². The Hall–Kier alpha value is -0.340. The number of hydrogen-bond acceptors (Lipinski definition) is 1. The lowest BCUT2D eigenvalue weighted by Gasteiger charge is -2.25. The van der Waals surface area contributed by atoms with Gasteiger partial charge in [-0.1, -0.05) is 41.1 Å². The van der Waals surface area contributed by atoms with Gasteiger partial charge in [-0.25, -0.2) is 0 Å². The first-order valence-electron chi connectivity index (χ1n) is 6.23. The van der Waals surface area contributed by atoms with Crippen molar-refractivity contribution in [2.24, 2.45) is 0 Å². The minimum absolute atomic E-state index is 0.778. The summed E-state index contributed by atoms with van der Waals surface area (Å²) in [6.45, 7) is 4.61. The number of hydrogen-bond donors (Lipinski definition) is 1. The number of halogens is 1. The summed E-state index contributed by atoms with van der Waals surface area (Å²) >= 11 is 3.53. The van der Waals surface area contributed by atoms with E-state index in [-0.39, 0.29) is 0 Å². The van der Waals surface area contributed by atoms with Crippen molar-refractivity contribution in [2.45, 2.75) is 37.4 Å². The molecule has 0 aromatic heterocycles. The van der Waals surface area contributed by atoms with E-state index in [1.807, 2.05) is 0 Å². The molecule has 1 aromatic carbocycles. The predicted molar refractivity (Wildman–Crippen MR) is 73.3 cm³/mol. The Morgan fingerprint density at radius 2 is 2.06 bits per heavy atom. The normalized spacial score (nSPS) is 17.6. The molecule has 0 atom stereocenters. The lowest BCUT2D eigenvalue weighted by molar-refractivity contribution is 0.458. The Morgan fingerprint density at radius 3 is 2.69 bits per heavy atom. The number of nitrogens with one attached hydrogen (secondary N) is 1. The van der Waals surface area contributed by atoms with Gasteiger partial charge in [0.1, 0.15) is 0 Å². The highest BCUT2D eigenvalue weighted by Crippen LogP contribution is 2.29. The third-order valence-electron chi connectivity index (χ3n) is 3.52. The van der Waals surface area contributed by atoms with Crippen molar-refractivity contribution in [1.29, 1.82) is 0 Å². The second kappa shape index (κ2) is 5.83. The fraction of sp³-hybridized carbons (Fsp3) is 0.571. The summed E-state index contributed by atoms with van der Waals surface area (Å²) < 4.78 is 0. The highest BCUT2D eigenvalue weighted by molar-refractivity contribution is 9.08. The highest BCUT2D eigenvalue weighted by atomic mass is 79.9. The van der Waals surface area contributed by atoms with E-state index < -0.39 is 0 Å². The monoisotopic (exact) mass is 281 g/mol. The van der Waals surface area contributed by atoms with Gasteiger partial charge >= 0.3 is 0 Å². The fourth-order valence-corrected chi connectivity index (χ4v) is 2.93. The Bertz CT molecular complexity index is 343. The first-order chi connectivity index (χ1) is 7.85. The standard InChI is InChI=1S/C14H20BrN/c1-2-12-9-11(10-15)3-4-14(12)13-5-7-16-8-6-13/h3-4,9,13,16H,2,5-8,10H2,1H3. The summed E-state index contributed by atoms with van der Waals surface area (Å²) in [5, 5.41) is 4.40. The van der Waals surface area contributed by atoms with E-state index in [9.17, 15) is 0 Å². The van der Waals surface area contributed by atoms with Gasteiger partial charge in [0.2, 0.25) is 0 Å². The third-order valence-corrected chi connectivity index (χ3v) is 4.17. The first-order valence-corrected chi connectivity index (χ1v) is 7.35. The molecular formula is C14H20BrN. The van der Waals surface area contributed by atoms with Gasteiger partial charge in [0, 0.05) is 5.33 Å². The maximum atomic E-state index is 3.53. The number of aryl methyl sites for hydroxylation is 1. The summed E-state index contributed by atoms with van der Waals surface area (Å²) in [6, 6.07) is 6.99. The molecule has 0 aliphatic carbocycles. The van der Waals surface area contributed by atoms with E-state index >= 15 is 0 Å². The lowest BCUT2D eigenvalue weighted by Crippen LogP contribution is -2.27. The van der Waals surface area contributed by atoms with E-state index in [0.717, 1.165) is 17.7 Å². The van der Waals surface area contributed by atoms with Crippen molar-refractivity contribution in [1.82, 2.24) is 5.32 Å². The van der Waals surface area contributed by atoms with Crippen LogP contribution >= 0.6 is 15.9 Å². The maximum Gasteiger partial charge on any atom is 0.0283 e. The Labute approximate surface area is 107 Å². The molecule has 0 unspecified atom stereocenters. The van der Waals surface area contributed by atoms with E-state index in [2.05, 4.69) is 46.4 Å². The van der Waals surface area contributed by atoms with E-state index in [4.69, 9.17) is 0 Å². The van der Waals surface area contributed by atoms with E-state index in [0.29, 0.717) is 0 Å². The fourth-order valence-electron chi connectivity index (χ4n) is 2.58. The summed E-state index contributed by atoms with van der Waals surface area (Å²) in [7, 11) is 0. The SMILES string of the molecule is CCc1cc(CBr)ccc1C1CCNCC1. The zero-order chi connectivity index (χ0) is 11.4. The van der Waals surface area contributed by atoms with Crippen molar-refractivity contribution < 1.29 is 0 Å². The molecule has 1 N–H and O–H groups in total. The van der Waals surface area contributed by atoms with Gasteiger partial charge in [0.15, 0.2) is 0 Å². The van der Waals surface area contributed by atoms with Gasteiger partial charge in [0.05, 0.1) is 0 Å². The summed E-state index contributed by atoms with van der Waals surface area (Å²) in [5.41, 5.74) is 4.53. The van der Waals surface area contributed by atoms with Gasteiger partial charge in [-0.2, -0.15) is 0 Å². The van der Waals surface area contributed by atoms with Crippen LogP contribution in [-0.4, -0.2) is 13.1 Å². The largest absolute Gasteiger partial charge is 0.317 e. The molecule has 1 aliphatic rings. The van der Waals surface area contributed by atoms with Crippen LogP contribution in [0.1, 0.15) is 42.4 Å². The number of alkyl halides is 1. The van der Waals surface area contributed by atoms with E-state index in [1.54, 1.807) is 11.1 Å². The Morgan fingerprint density at radius 1 is 1.31 bits per heavy atom. The molecule has 1 aliphatic heterocycles. The van der Waals surface area contributed by atoms with Gasteiger partial charge < -0.3 is 5.32 Å². The lowest BCUT2D eigenvalue weighted by atomic mass is 9.86. The van der Waals surface area contributed by atoms with Crippen molar-refractivity contribution in [3.63, 3.8) is 0 Å². The van der Waals surface area contributed by atoms with Gasteiger partial charge in [0.25, 0.3) is 0 Å². The molecule has 1 nitrogen and oxygen atoms in total. The van der Waals surface area contributed by atoms with Crippen LogP contribution in [0.5, 0.6) is 0 Å². The quantitative estimate of drug-likeness (QED) is 0.835. The van der Waals surface area contributed by atoms with Crippen molar-refractivity contribution in [3.05, 3.63) is 34.9 Å². The minimum atomic E-state index is 0.778. The Kier molecular flexibility index (Phi) is 4.42. The highest BCUT2D eigenvalue weighted by Gasteiger charge is 2.17. The van der Waals surface area contributed by atoms with Gasteiger partial charge in [-0.15, -0.1) is 0 Å². The van der Waals surface area contributed by atoms with E-state index in [1.165, 1.54) is 31.5 Å². The van der Waals surface area contributed by atoms with Crippen LogP contribution in [0.2, 0.25) is 0 Å². The predicted octanol–water partition coefficient (Wildman–Crippen LogP) is 3.61. The van der Waals surface area contributed by atoms with Gasteiger partial charge in [-0.3, -0.25) is 0 Å². The van der Waals surface area contributed by atoms with Crippen LogP contribution in [-0.2, 0) is 11.8 Å². The number of rotatable bonds is 3. The third kappa shape index (κ3) is 2.67. The van der Waals surface area contributed by atoms with Crippen LogP contribution in [0.25, 0.3) is 0 Å². The molecule has 1 saturated heterocycles. The molecule has 1 heterocycles. The zero-order valence-electron chi connectivity index (χ0n) is 9.93. The molecule has 2 rings (SSSR count). The van der Waals surface area contributed by atoms with Gasteiger partial charge in [-0.05, 0) is 55.0 Å². The van der Waals surface area contributed by atoms with Crippen molar-refractivity contribution >= 4 is 15.9 Å². The molecule has 88 valence electrons. The summed E-state index contributed by atoms with van der Waals surface area (Å²) in [6.07, 6.45) is 3.74. The molecule has 0 amide bonds.